The minimum absolute atomic E-state index is 0.00782. The number of nitrogens with zero attached hydrogens (tertiary/aromatic N) is 2. The van der Waals surface area contributed by atoms with Crippen molar-refractivity contribution in [2.75, 3.05) is 7.11 Å². The van der Waals surface area contributed by atoms with E-state index in [1.807, 2.05) is 0 Å². The molecule has 1 heterocycles. The maximum atomic E-state index is 13.0. The van der Waals surface area contributed by atoms with Gasteiger partial charge in [0.1, 0.15) is 17.3 Å². The number of methoxy groups -OCH3 is 1. The lowest BCUT2D eigenvalue weighted by molar-refractivity contribution is -0.144. The van der Waals surface area contributed by atoms with E-state index in [-0.39, 0.29) is 12.1 Å². The van der Waals surface area contributed by atoms with Crippen LogP contribution in [0.5, 0.6) is 0 Å². The number of halogens is 3. The molecule has 0 spiro atoms. The van der Waals surface area contributed by atoms with Crippen molar-refractivity contribution in [3.05, 3.63) is 62.4 Å². The highest BCUT2D eigenvalue weighted by molar-refractivity contribution is 5.81. The summed E-state index contributed by atoms with van der Waals surface area (Å²) in [5.41, 5.74) is -3.90. The number of hydrogen-bond acceptors (Lipinski definition) is 6. The van der Waals surface area contributed by atoms with Crippen molar-refractivity contribution in [3.8, 4) is 5.69 Å². The van der Waals surface area contributed by atoms with Crippen molar-refractivity contribution in [1.82, 2.24) is 14.5 Å². The molecule has 9 nitrogen and oxygen atoms in total. The van der Waals surface area contributed by atoms with E-state index in [2.05, 4.69) is 5.32 Å². The number of alkyl carbamates (subject to hydrolysis) is 1. The minimum atomic E-state index is -4.86. The third-order valence-electron chi connectivity index (χ3n) is 4.42. The van der Waals surface area contributed by atoms with Crippen LogP contribution in [0.4, 0.5) is 18.0 Å². The summed E-state index contributed by atoms with van der Waals surface area (Å²) < 4.78 is 49.8. The van der Waals surface area contributed by atoms with E-state index >= 15 is 0 Å². The molecule has 1 N–H and O–H groups in total. The number of carbonyl (C=O) groups is 2. The molecule has 180 valence electrons. The Hall–Kier alpha value is -3.57. The van der Waals surface area contributed by atoms with E-state index < -0.39 is 46.8 Å². The van der Waals surface area contributed by atoms with Crippen molar-refractivity contribution < 1.29 is 32.2 Å². The Morgan fingerprint density at radius 1 is 1.09 bits per heavy atom. The van der Waals surface area contributed by atoms with Gasteiger partial charge < -0.3 is 14.8 Å². The average molecular weight is 471 g/mol. The van der Waals surface area contributed by atoms with E-state index in [1.54, 1.807) is 20.8 Å². The number of alkyl halides is 3. The Morgan fingerprint density at radius 2 is 1.67 bits per heavy atom. The molecular weight excluding hydrogens is 447 g/mol. The molecule has 0 aliphatic carbocycles. The van der Waals surface area contributed by atoms with Crippen molar-refractivity contribution in [2.24, 2.45) is 7.05 Å². The van der Waals surface area contributed by atoms with Crippen LogP contribution in [0.15, 0.2) is 39.9 Å². The number of aromatic nitrogens is 2. The first-order chi connectivity index (χ1) is 15.1. The van der Waals surface area contributed by atoms with Crippen molar-refractivity contribution in [1.29, 1.82) is 0 Å². The second-order valence-electron chi connectivity index (χ2n) is 8.14. The van der Waals surface area contributed by atoms with Crippen LogP contribution in [0.2, 0.25) is 0 Å². The highest BCUT2D eigenvalue weighted by Gasteiger charge is 2.35. The molecule has 0 fully saturated rings. The summed E-state index contributed by atoms with van der Waals surface area (Å²) in [6.07, 6.45) is -5.69. The Kier molecular flexibility index (Phi) is 7.40. The fraction of sp³-hybridized carbons (Fsp3) is 0.429. The fourth-order valence-corrected chi connectivity index (χ4v) is 2.94. The summed E-state index contributed by atoms with van der Waals surface area (Å²) in [7, 11) is 2.07. The van der Waals surface area contributed by atoms with Crippen LogP contribution in [-0.4, -0.2) is 39.9 Å². The van der Waals surface area contributed by atoms with Gasteiger partial charge in [-0.15, -0.1) is 0 Å². The van der Waals surface area contributed by atoms with Gasteiger partial charge in [0.05, 0.1) is 12.8 Å². The molecule has 0 aliphatic rings. The first kappa shape index (κ1) is 25.7. The SMILES string of the molecule is COC(=O)C(Cc1ccc(-n2c(=O)cc(C(F)(F)F)n(C)c2=O)cc1)NC(=O)OC(C)(C)C. The molecule has 0 aliphatic heterocycles. The molecular formula is C21H24F3N3O6. The van der Waals surface area contributed by atoms with Crippen LogP contribution in [0.1, 0.15) is 32.0 Å². The summed E-state index contributed by atoms with van der Waals surface area (Å²) in [4.78, 5) is 48.7. The molecule has 2 rings (SSSR count). The number of ether oxygens (including phenoxy) is 2. The van der Waals surface area contributed by atoms with E-state index in [4.69, 9.17) is 9.47 Å². The number of benzene rings is 1. The molecule has 0 saturated carbocycles. The monoisotopic (exact) mass is 471 g/mol. The predicted molar refractivity (Wildman–Crippen MR) is 111 cm³/mol. The zero-order chi connectivity index (χ0) is 25.1. The van der Waals surface area contributed by atoms with Crippen LogP contribution in [0, 0.1) is 0 Å². The zero-order valence-electron chi connectivity index (χ0n) is 18.6. The molecule has 1 aromatic heterocycles. The zero-order valence-corrected chi connectivity index (χ0v) is 18.6. The molecule has 0 bridgehead atoms. The normalized spacial score (nSPS) is 12.7. The molecule has 2 aromatic rings. The number of rotatable bonds is 5. The fourth-order valence-electron chi connectivity index (χ4n) is 2.94. The average Bonchev–Trinajstić information content (AvgIpc) is 2.68. The van der Waals surface area contributed by atoms with Crippen LogP contribution >= 0.6 is 0 Å². The van der Waals surface area contributed by atoms with Gasteiger partial charge in [0.15, 0.2) is 0 Å². The summed E-state index contributed by atoms with van der Waals surface area (Å²) >= 11 is 0. The molecule has 1 unspecified atom stereocenters. The first-order valence-corrected chi connectivity index (χ1v) is 9.71. The molecule has 1 aromatic carbocycles. The van der Waals surface area contributed by atoms with E-state index in [9.17, 15) is 32.3 Å². The Bertz CT molecular complexity index is 1140. The van der Waals surface area contributed by atoms with Gasteiger partial charge in [-0.3, -0.25) is 9.36 Å². The number of amides is 1. The number of carbonyl (C=O) groups excluding carboxylic acids is 2. The first-order valence-electron chi connectivity index (χ1n) is 9.71. The van der Waals surface area contributed by atoms with Gasteiger partial charge in [0, 0.05) is 19.5 Å². The third kappa shape index (κ3) is 6.46. The van der Waals surface area contributed by atoms with Crippen LogP contribution in [0.25, 0.3) is 5.69 Å². The summed E-state index contributed by atoms with van der Waals surface area (Å²) in [6.45, 7) is 4.98. The van der Waals surface area contributed by atoms with Gasteiger partial charge in [-0.05, 0) is 38.5 Å². The van der Waals surface area contributed by atoms with Gasteiger partial charge in [-0.1, -0.05) is 12.1 Å². The van der Waals surface area contributed by atoms with Crippen LogP contribution < -0.4 is 16.6 Å². The molecule has 0 radical (unpaired) electrons. The quantitative estimate of drug-likeness (QED) is 0.670. The topological polar surface area (TPSA) is 109 Å². The van der Waals surface area contributed by atoms with Crippen molar-refractivity contribution in [2.45, 2.75) is 45.0 Å². The van der Waals surface area contributed by atoms with Crippen LogP contribution in [0.3, 0.4) is 0 Å². The largest absolute Gasteiger partial charge is 0.467 e. The molecule has 12 heteroatoms. The number of hydrogen-bond donors (Lipinski definition) is 1. The molecule has 0 saturated heterocycles. The Morgan fingerprint density at radius 3 is 2.15 bits per heavy atom. The highest BCUT2D eigenvalue weighted by atomic mass is 19.4. The highest BCUT2D eigenvalue weighted by Crippen LogP contribution is 2.27. The van der Waals surface area contributed by atoms with E-state index in [0.29, 0.717) is 20.8 Å². The number of nitrogens with one attached hydrogen (secondary N) is 1. The molecule has 1 atom stereocenters. The van der Waals surface area contributed by atoms with E-state index in [0.717, 1.165) is 14.2 Å². The van der Waals surface area contributed by atoms with Crippen LogP contribution in [-0.2, 0) is 33.9 Å². The van der Waals surface area contributed by atoms with Crippen molar-refractivity contribution >= 4 is 12.1 Å². The minimum Gasteiger partial charge on any atom is -0.467 e. The van der Waals surface area contributed by atoms with Gasteiger partial charge in [-0.2, -0.15) is 13.2 Å². The second-order valence-corrected chi connectivity index (χ2v) is 8.14. The van der Waals surface area contributed by atoms with Gasteiger partial charge in [0.2, 0.25) is 0 Å². The summed E-state index contributed by atoms with van der Waals surface area (Å²) in [6, 6.07) is 4.86. The maximum absolute atomic E-state index is 13.0. The van der Waals surface area contributed by atoms with Gasteiger partial charge >= 0.3 is 23.9 Å². The Balaban J connectivity index is 2.31. The lowest BCUT2D eigenvalue weighted by Gasteiger charge is -2.22. The summed E-state index contributed by atoms with van der Waals surface area (Å²) in [5, 5.41) is 2.41. The predicted octanol–water partition coefficient (Wildman–Crippen LogP) is 2.16. The standard InChI is InChI=1S/C21H24F3N3O6/c1-20(2,3)33-18(30)25-14(17(29)32-5)10-12-6-8-13(9-7-12)27-16(28)11-15(21(22,23)24)26(4)19(27)31/h6-9,11,14H,10H2,1-5H3,(H,25,30). The lowest BCUT2D eigenvalue weighted by atomic mass is 10.1. The lowest BCUT2D eigenvalue weighted by Crippen LogP contribution is -2.45. The van der Waals surface area contributed by atoms with E-state index in [1.165, 1.54) is 24.3 Å². The smallest absolute Gasteiger partial charge is 0.431 e. The number of esters is 1. The molecule has 33 heavy (non-hydrogen) atoms. The Labute approximate surface area is 186 Å². The third-order valence-corrected chi connectivity index (χ3v) is 4.42. The maximum Gasteiger partial charge on any atom is 0.431 e. The van der Waals surface area contributed by atoms with Gasteiger partial charge in [-0.25, -0.2) is 19.0 Å². The summed E-state index contributed by atoms with van der Waals surface area (Å²) in [5.74, 6) is -0.724. The van der Waals surface area contributed by atoms with Gasteiger partial charge in [0.25, 0.3) is 5.56 Å². The molecule has 1 amide bonds. The second kappa shape index (κ2) is 9.51. The van der Waals surface area contributed by atoms with Crippen molar-refractivity contribution in [3.63, 3.8) is 0 Å².